The number of anilines is 2. The molecule has 0 radical (unpaired) electrons. The van der Waals surface area contributed by atoms with Gasteiger partial charge < -0.3 is 10.2 Å². The summed E-state index contributed by atoms with van der Waals surface area (Å²) in [7, 11) is 0. The summed E-state index contributed by atoms with van der Waals surface area (Å²) in [4.78, 5) is 25.5. The molecule has 0 aliphatic carbocycles. The number of pyridine rings is 2. The molecule has 1 N–H and O–H groups in total. The fourth-order valence-electron chi connectivity index (χ4n) is 3.11. The molecule has 0 unspecified atom stereocenters. The number of hydrogen-bond donors (Lipinski definition) is 1. The maximum absolute atomic E-state index is 12.2. The van der Waals surface area contributed by atoms with Gasteiger partial charge in [-0.15, -0.1) is 0 Å². The highest BCUT2D eigenvalue weighted by Gasteiger charge is 2.18. The van der Waals surface area contributed by atoms with Crippen LogP contribution in [0.4, 0.5) is 11.6 Å². The highest BCUT2D eigenvalue weighted by atomic mass is 16.1. The van der Waals surface area contributed by atoms with Crippen LogP contribution < -0.4 is 10.2 Å². The van der Waals surface area contributed by atoms with Crippen LogP contribution in [0.15, 0.2) is 36.5 Å². The number of amides is 1. The van der Waals surface area contributed by atoms with Crippen LogP contribution >= 0.6 is 0 Å². The number of rotatable bonds is 5. The smallest absolute Gasteiger partial charge is 0.226 e. The summed E-state index contributed by atoms with van der Waals surface area (Å²) in [5.41, 5.74) is 2.02. The molecule has 6 nitrogen and oxygen atoms in total. The van der Waals surface area contributed by atoms with Crippen LogP contribution in [0, 0.1) is 13.8 Å². The Morgan fingerprint density at radius 2 is 1.96 bits per heavy atom. The van der Waals surface area contributed by atoms with Crippen molar-refractivity contribution in [3.63, 3.8) is 0 Å². The van der Waals surface area contributed by atoms with Crippen LogP contribution in [-0.4, -0.2) is 53.5 Å². The fraction of sp³-hybridized carbons (Fsp3) is 0.421. The maximum Gasteiger partial charge on any atom is 0.226 e. The third kappa shape index (κ3) is 5.00. The molecule has 2 aromatic heterocycles. The molecule has 1 fully saturated rings. The minimum atomic E-state index is 0.0182. The van der Waals surface area contributed by atoms with Gasteiger partial charge in [0.2, 0.25) is 5.91 Å². The van der Waals surface area contributed by atoms with Crippen LogP contribution in [0.1, 0.15) is 17.7 Å². The van der Waals surface area contributed by atoms with E-state index in [0.29, 0.717) is 12.2 Å². The Kier molecular flexibility index (Phi) is 5.60. The van der Waals surface area contributed by atoms with Crippen LogP contribution in [0.2, 0.25) is 0 Å². The Bertz CT molecular complexity index is 691. The molecular weight excluding hydrogens is 314 g/mol. The van der Waals surface area contributed by atoms with Gasteiger partial charge in [-0.2, -0.15) is 0 Å². The summed E-state index contributed by atoms with van der Waals surface area (Å²) >= 11 is 0. The zero-order valence-corrected chi connectivity index (χ0v) is 14.9. The van der Waals surface area contributed by atoms with Gasteiger partial charge in [-0.3, -0.25) is 9.69 Å². The summed E-state index contributed by atoms with van der Waals surface area (Å²) in [5, 5.41) is 2.90. The van der Waals surface area contributed by atoms with Crippen molar-refractivity contribution in [3.8, 4) is 0 Å². The monoisotopic (exact) mass is 339 g/mol. The number of hydrogen-bond acceptors (Lipinski definition) is 5. The quantitative estimate of drug-likeness (QED) is 0.905. The van der Waals surface area contributed by atoms with Crippen molar-refractivity contribution >= 4 is 17.5 Å². The zero-order chi connectivity index (χ0) is 17.6. The molecule has 1 aliphatic rings. The van der Waals surface area contributed by atoms with E-state index in [1.165, 1.54) is 0 Å². The summed E-state index contributed by atoms with van der Waals surface area (Å²) in [6.07, 6.45) is 2.31. The van der Waals surface area contributed by atoms with Crippen LogP contribution in [0.3, 0.4) is 0 Å². The minimum absolute atomic E-state index is 0.0182. The van der Waals surface area contributed by atoms with Gasteiger partial charge in [-0.1, -0.05) is 6.07 Å². The first-order valence-electron chi connectivity index (χ1n) is 8.73. The van der Waals surface area contributed by atoms with E-state index in [9.17, 15) is 4.79 Å². The van der Waals surface area contributed by atoms with E-state index in [-0.39, 0.29) is 5.91 Å². The summed E-state index contributed by atoms with van der Waals surface area (Å²) in [6.45, 7) is 8.49. The summed E-state index contributed by atoms with van der Waals surface area (Å²) in [6, 6.07) is 9.89. The van der Waals surface area contributed by atoms with Crippen molar-refractivity contribution in [2.75, 3.05) is 42.9 Å². The molecule has 0 aromatic carbocycles. The SMILES string of the molecule is Cc1cc(C)nc(NC(=O)CCN2CCN(c3ccccn3)CC2)c1. The fourth-order valence-corrected chi connectivity index (χ4v) is 3.11. The van der Waals surface area contributed by atoms with Gasteiger partial charge in [-0.05, 0) is 43.7 Å². The van der Waals surface area contributed by atoms with Crippen molar-refractivity contribution in [2.45, 2.75) is 20.3 Å². The Morgan fingerprint density at radius 1 is 1.16 bits per heavy atom. The van der Waals surface area contributed by atoms with E-state index >= 15 is 0 Å². The van der Waals surface area contributed by atoms with Crippen LogP contribution in [0.25, 0.3) is 0 Å². The van der Waals surface area contributed by atoms with E-state index in [1.807, 2.05) is 50.4 Å². The molecule has 25 heavy (non-hydrogen) atoms. The molecular formula is C19H25N5O. The van der Waals surface area contributed by atoms with Crippen molar-refractivity contribution in [3.05, 3.63) is 47.8 Å². The predicted molar refractivity (Wildman–Crippen MR) is 99.8 cm³/mol. The van der Waals surface area contributed by atoms with Gasteiger partial charge in [0.15, 0.2) is 0 Å². The lowest BCUT2D eigenvalue weighted by Gasteiger charge is -2.35. The largest absolute Gasteiger partial charge is 0.354 e. The lowest BCUT2D eigenvalue weighted by Crippen LogP contribution is -2.47. The molecule has 0 spiro atoms. The molecule has 1 amide bonds. The molecule has 132 valence electrons. The second kappa shape index (κ2) is 8.07. The lowest BCUT2D eigenvalue weighted by molar-refractivity contribution is -0.116. The van der Waals surface area contributed by atoms with Gasteiger partial charge in [0.1, 0.15) is 11.6 Å². The zero-order valence-electron chi connectivity index (χ0n) is 14.9. The number of aryl methyl sites for hydroxylation is 2. The first-order valence-corrected chi connectivity index (χ1v) is 8.73. The van der Waals surface area contributed by atoms with Crippen molar-refractivity contribution < 1.29 is 4.79 Å². The number of carbonyl (C=O) groups excluding carboxylic acids is 1. The second-order valence-corrected chi connectivity index (χ2v) is 6.49. The maximum atomic E-state index is 12.2. The topological polar surface area (TPSA) is 61.4 Å². The third-order valence-corrected chi connectivity index (χ3v) is 4.37. The van der Waals surface area contributed by atoms with Crippen molar-refractivity contribution in [1.82, 2.24) is 14.9 Å². The predicted octanol–water partition coefficient (Wildman–Crippen LogP) is 2.24. The Labute approximate surface area is 148 Å². The number of carbonyl (C=O) groups is 1. The highest BCUT2D eigenvalue weighted by molar-refractivity contribution is 5.89. The Balaban J connectivity index is 1.43. The molecule has 1 aliphatic heterocycles. The molecule has 2 aromatic rings. The Hall–Kier alpha value is -2.47. The first-order chi connectivity index (χ1) is 12.1. The molecule has 3 heterocycles. The van der Waals surface area contributed by atoms with Gasteiger partial charge >= 0.3 is 0 Å². The molecule has 0 atom stereocenters. The number of aromatic nitrogens is 2. The van der Waals surface area contributed by atoms with Gasteiger partial charge in [-0.25, -0.2) is 9.97 Å². The first kappa shape index (κ1) is 17.4. The van der Waals surface area contributed by atoms with E-state index in [4.69, 9.17) is 0 Å². The van der Waals surface area contributed by atoms with E-state index in [2.05, 4.69) is 25.1 Å². The number of piperazine rings is 1. The van der Waals surface area contributed by atoms with Gasteiger partial charge in [0.25, 0.3) is 0 Å². The van der Waals surface area contributed by atoms with E-state index in [0.717, 1.165) is 49.8 Å². The minimum Gasteiger partial charge on any atom is -0.354 e. The van der Waals surface area contributed by atoms with E-state index < -0.39 is 0 Å². The van der Waals surface area contributed by atoms with Crippen molar-refractivity contribution in [1.29, 1.82) is 0 Å². The third-order valence-electron chi connectivity index (χ3n) is 4.37. The average molecular weight is 339 g/mol. The van der Waals surface area contributed by atoms with Gasteiger partial charge in [0, 0.05) is 51.0 Å². The van der Waals surface area contributed by atoms with Crippen LogP contribution in [-0.2, 0) is 4.79 Å². The molecule has 0 saturated carbocycles. The second-order valence-electron chi connectivity index (χ2n) is 6.49. The standard InChI is InChI=1S/C19H25N5O/c1-15-13-16(2)21-17(14-15)22-19(25)6-8-23-9-11-24(12-10-23)18-5-3-4-7-20-18/h3-5,7,13-14H,6,8-12H2,1-2H3,(H,21,22,25). The molecule has 0 bridgehead atoms. The van der Waals surface area contributed by atoms with Gasteiger partial charge in [0.05, 0.1) is 0 Å². The summed E-state index contributed by atoms with van der Waals surface area (Å²) < 4.78 is 0. The van der Waals surface area contributed by atoms with Crippen LogP contribution in [0.5, 0.6) is 0 Å². The molecule has 3 rings (SSSR count). The Morgan fingerprint density at radius 3 is 2.64 bits per heavy atom. The number of nitrogens with one attached hydrogen (secondary N) is 1. The normalized spacial score (nSPS) is 15.2. The number of nitrogens with zero attached hydrogens (tertiary/aromatic N) is 4. The highest BCUT2D eigenvalue weighted by Crippen LogP contribution is 2.13. The van der Waals surface area contributed by atoms with E-state index in [1.54, 1.807) is 0 Å². The average Bonchev–Trinajstić information content (AvgIpc) is 2.60. The summed E-state index contributed by atoms with van der Waals surface area (Å²) in [5.74, 6) is 1.69. The molecule has 6 heteroatoms. The molecule has 1 saturated heterocycles. The lowest BCUT2D eigenvalue weighted by atomic mass is 10.2. The van der Waals surface area contributed by atoms with Crippen molar-refractivity contribution in [2.24, 2.45) is 0 Å².